The van der Waals surface area contributed by atoms with E-state index < -0.39 is 0 Å². The molecular weight excluding hydrogens is 956 g/mol. The first-order valence-electron chi connectivity index (χ1n) is 21.2. The predicted octanol–water partition coefficient (Wildman–Crippen LogP) is 15.1. The van der Waals surface area contributed by atoms with E-state index in [0.717, 1.165) is 89.4 Å². The molecule has 63 heavy (non-hydrogen) atoms. The van der Waals surface area contributed by atoms with Gasteiger partial charge in [-0.2, -0.15) is 0 Å². The Morgan fingerprint density at radius 3 is 1.86 bits per heavy atom. The second-order valence-corrected chi connectivity index (χ2v) is 18.2. The van der Waals surface area contributed by atoms with Crippen molar-refractivity contribution < 1.29 is 30.2 Å². The molecule has 314 valence electrons. The van der Waals surface area contributed by atoms with E-state index in [4.69, 9.17) is 14.1 Å². The third-order valence-electron chi connectivity index (χ3n) is 12.0. The van der Waals surface area contributed by atoms with Crippen molar-refractivity contribution in [1.29, 1.82) is 0 Å². The molecule has 0 bridgehead atoms. The monoisotopic (exact) mass is 1000 g/mol. The van der Waals surface area contributed by atoms with Gasteiger partial charge in [-0.25, -0.2) is 4.98 Å². The molecule has 0 atom stereocenters. The predicted molar refractivity (Wildman–Crippen MR) is 253 cm³/mol. The van der Waals surface area contributed by atoms with Gasteiger partial charge in [-0.05, 0) is 69.3 Å². The van der Waals surface area contributed by atoms with Gasteiger partial charge >= 0.3 is 0 Å². The zero-order chi connectivity index (χ0) is 42.3. The van der Waals surface area contributed by atoms with Crippen LogP contribution in [0, 0.1) is 18.8 Å². The molecule has 6 nitrogen and oxygen atoms in total. The van der Waals surface area contributed by atoms with Crippen LogP contribution in [0.4, 0.5) is 22.7 Å². The Hall–Kier alpha value is -6.62. The van der Waals surface area contributed by atoms with E-state index in [-0.39, 0.29) is 31.9 Å². The summed E-state index contributed by atoms with van der Waals surface area (Å²) >= 11 is 0. The molecule has 0 unspecified atom stereocenters. The number of aromatic nitrogens is 2. The maximum atomic E-state index is 6.89. The third-order valence-corrected chi connectivity index (χ3v) is 12.0. The van der Waals surface area contributed by atoms with Crippen LogP contribution in [0.25, 0.3) is 61.0 Å². The summed E-state index contributed by atoms with van der Waals surface area (Å²) in [6.45, 7) is 15.6. The Bertz CT molecular complexity index is 3230. The van der Waals surface area contributed by atoms with E-state index in [0.29, 0.717) is 11.5 Å². The summed E-state index contributed by atoms with van der Waals surface area (Å²) in [7, 11) is 0. The number of hydrogen-bond donors (Lipinski definition) is 0. The smallest absolute Gasteiger partial charge is 0.135 e. The van der Waals surface area contributed by atoms with Crippen molar-refractivity contribution in [3.63, 3.8) is 0 Å². The summed E-state index contributed by atoms with van der Waals surface area (Å²) in [5, 5.41) is 2.07. The first-order chi connectivity index (χ1) is 30.0. The number of furan rings is 1. The zero-order valence-corrected chi connectivity index (χ0v) is 38.3. The summed E-state index contributed by atoms with van der Waals surface area (Å²) in [5.41, 5.74) is 14.2. The fourth-order valence-corrected chi connectivity index (χ4v) is 8.85. The molecule has 0 amide bonds. The van der Waals surface area contributed by atoms with E-state index in [1.165, 1.54) is 5.56 Å². The number of ether oxygens (including phenoxy) is 1. The van der Waals surface area contributed by atoms with Crippen molar-refractivity contribution in [3.05, 3.63) is 188 Å². The van der Waals surface area contributed by atoms with Gasteiger partial charge in [0, 0.05) is 78.0 Å². The average Bonchev–Trinajstić information content (AvgIpc) is 3.96. The summed E-state index contributed by atoms with van der Waals surface area (Å²) in [6, 6.07) is 60.5. The van der Waals surface area contributed by atoms with E-state index in [1.54, 1.807) is 0 Å². The second kappa shape index (κ2) is 15.3. The molecular formula is C56H45N4O2Pt-3. The molecule has 10 aromatic rings. The maximum absolute atomic E-state index is 6.89. The van der Waals surface area contributed by atoms with Crippen molar-refractivity contribution in [2.45, 2.75) is 52.4 Å². The Morgan fingerprint density at radius 2 is 1.19 bits per heavy atom. The molecule has 0 aliphatic carbocycles. The molecule has 0 spiro atoms. The van der Waals surface area contributed by atoms with Crippen LogP contribution in [0.3, 0.4) is 0 Å². The molecule has 7 heteroatoms. The minimum Gasteiger partial charge on any atom is -0.509 e. The molecule has 7 aromatic carbocycles. The summed E-state index contributed by atoms with van der Waals surface area (Å²) in [5.74, 6) is 1.95. The largest absolute Gasteiger partial charge is 0.509 e. The molecule has 0 saturated heterocycles. The fourth-order valence-electron chi connectivity index (χ4n) is 8.85. The van der Waals surface area contributed by atoms with Crippen molar-refractivity contribution in [1.82, 2.24) is 9.55 Å². The van der Waals surface area contributed by atoms with Crippen LogP contribution < -0.4 is 14.5 Å². The van der Waals surface area contributed by atoms with Gasteiger partial charge < -0.3 is 23.5 Å². The van der Waals surface area contributed by atoms with E-state index in [2.05, 4.69) is 208 Å². The molecule has 3 aromatic heterocycles. The minimum atomic E-state index is -0.197. The fraction of sp³-hybridized carbons (Fsp3) is 0.143. The maximum Gasteiger partial charge on any atom is 0.135 e. The average molecular weight is 1000 g/mol. The van der Waals surface area contributed by atoms with E-state index >= 15 is 0 Å². The van der Waals surface area contributed by atoms with Gasteiger partial charge in [0.1, 0.15) is 11.4 Å². The van der Waals surface area contributed by atoms with Gasteiger partial charge in [0.05, 0.1) is 0 Å². The Morgan fingerprint density at radius 1 is 0.571 bits per heavy atom. The molecule has 0 radical (unpaired) electrons. The zero-order valence-electron chi connectivity index (χ0n) is 36.0. The van der Waals surface area contributed by atoms with Crippen LogP contribution >= 0.6 is 0 Å². The first kappa shape index (κ1) is 40.5. The number of rotatable bonds is 7. The van der Waals surface area contributed by atoms with Gasteiger partial charge in [-0.3, -0.25) is 0 Å². The van der Waals surface area contributed by atoms with Gasteiger partial charge in [0.2, 0.25) is 0 Å². The number of anilines is 4. The molecule has 11 rings (SSSR count). The molecule has 1 aliphatic heterocycles. The van der Waals surface area contributed by atoms with E-state index in [9.17, 15) is 0 Å². The van der Waals surface area contributed by atoms with Crippen LogP contribution in [0.5, 0.6) is 11.5 Å². The minimum absolute atomic E-state index is 0. The quantitative estimate of drug-likeness (QED) is 0.149. The van der Waals surface area contributed by atoms with Gasteiger partial charge in [0.25, 0.3) is 0 Å². The van der Waals surface area contributed by atoms with Crippen molar-refractivity contribution in [2.75, 3.05) is 9.80 Å². The normalized spacial score (nSPS) is 13.0. The van der Waals surface area contributed by atoms with Crippen LogP contribution in [-0.4, -0.2) is 9.55 Å². The molecule has 0 N–H and O–H groups in total. The number of fused-ring (bicyclic) bond motifs is 1. The molecule has 0 saturated carbocycles. The number of para-hydroxylation sites is 3. The topological polar surface area (TPSA) is 46.7 Å². The van der Waals surface area contributed by atoms with Crippen molar-refractivity contribution >= 4 is 55.7 Å². The van der Waals surface area contributed by atoms with Crippen LogP contribution in [0.1, 0.15) is 52.7 Å². The molecule has 0 fully saturated rings. The second-order valence-electron chi connectivity index (χ2n) is 18.2. The third kappa shape index (κ3) is 6.98. The molecule has 1 aliphatic rings. The van der Waals surface area contributed by atoms with Gasteiger partial charge in [-0.1, -0.05) is 156 Å². The van der Waals surface area contributed by atoms with Crippen molar-refractivity contribution in [3.8, 4) is 39.6 Å². The number of hydrogen-bond acceptors (Lipinski definition) is 5. The molecule has 4 heterocycles. The summed E-state index contributed by atoms with van der Waals surface area (Å²) in [4.78, 5) is 9.45. The number of benzene rings is 7. The SMILES string of the molecule is CC(C)(C)c1cc(Oc2[c-]c3c4c(c2)oc2cccc(c24)n3-c2cc(C(C)(C)C)ccn2)[c-]c(N2[CH-]N(c3c(-c4ccccc4)cccc3-c3ccccc3)c3ccccc32)c1.[Pt]. The Labute approximate surface area is 383 Å². The Balaban J connectivity index is 0.00000471. The first-order valence-corrected chi connectivity index (χ1v) is 21.2. The van der Waals surface area contributed by atoms with Gasteiger partial charge in [-0.15, -0.1) is 42.2 Å². The Kier molecular flexibility index (Phi) is 9.84. The van der Waals surface area contributed by atoms with Crippen LogP contribution in [-0.2, 0) is 31.9 Å². The van der Waals surface area contributed by atoms with Crippen molar-refractivity contribution in [2.24, 2.45) is 0 Å². The summed E-state index contributed by atoms with van der Waals surface area (Å²) < 4.78 is 15.6. The number of nitrogens with zero attached hydrogens (tertiary/aromatic N) is 4. The van der Waals surface area contributed by atoms with Crippen LogP contribution in [0.2, 0.25) is 0 Å². The van der Waals surface area contributed by atoms with E-state index in [1.807, 2.05) is 24.4 Å². The standard InChI is InChI=1S/C56H45N4O2.Pt/c1-55(2,3)38-27-28-57-51(31-38)60-47-25-16-26-49-52(47)53-48(60)33-42(34-50(53)62-49)61-41-30-39(56(4,5)6)29-40(32-41)58-35-59(46-24-14-13-23-45(46)58)54-43(36-17-9-7-10-18-36)21-15-22-44(54)37-19-11-8-12-20-37;/h7-31,34-35H,1-6H3;/q-3;. The van der Waals surface area contributed by atoms with Crippen LogP contribution in [0.15, 0.2) is 162 Å². The van der Waals surface area contributed by atoms with Gasteiger partial charge in [0.15, 0.2) is 0 Å². The number of pyridine rings is 1. The summed E-state index contributed by atoms with van der Waals surface area (Å²) in [6.07, 6.45) is 1.90.